The van der Waals surface area contributed by atoms with E-state index < -0.39 is 0 Å². The Hall–Kier alpha value is -0.120. The number of piperidine rings is 1. The Labute approximate surface area is 94.8 Å². The van der Waals surface area contributed by atoms with E-state index in [-0.39, 0.29) is 0 Å². The van der Waals surface area contributed by atoms with Gasteiger partial charge in [-0.1, -0.05) is 13.8 Å². The SMILES string of the molecule is CCNC1CCN(CCN(C)C)CC1C. The van der Waals surface area contributed by atoms with Crippen LogP contribution in [0.5, 0.6) is 0 Å². The van der Waals surface area contributed by atoms with Gasteiger partial charge in [-0.25, -0.2) is 0 Å². The molecule has 1 aliphatic rings. The first-order valence-electron chi connectivity index (χ1n) is 6.24. The van der Waals surface area contributed by atoms with Crippen molar-refractivity contribution in [2.24, 2.45) is 5.92 Å². The maximum Gasteiger partial charge on any atom is 0.0117 e. The molecule has 2 atom stereocenters. The van der Waals surface area contributed by atoms with E-state index in [1.165, 1.54) is 32.6 Å². The second-order valence-corrected chi connectivity index (χ2v) is 5.03. The molecule has 0 aromatic carbocycles. The van der Waals surface area contributed by atoms with E-state index in [0.717, 1.165) is 18.5 Å². The maximum absolute atomic E-state index is 3.58. The van der Waals surface area contributed by atoms with Crippen molar-refractivity contribution in [2.75, 3.05) is 46.8 Å². The monoisotopic (exact) mass is 213 g/mol. The highest BCUT2D eigenvalue weighted by Crippen LogP contribution is 2.16. The summed E-state index contributed by atoms with van der Waals surface area (Å²) in [6, 6.07) is 0.741. The minimum absolute atomic E-state index is 0.741. The molecule has 1 saturated heterocycles. The lowest BCUT2D eigenvalue weighted by Gasteiger charge is -2.37. The summed E-state index contributed by atoms with van der Waals surface area (Å²) in [5.41, 5.74) is 0. The van der Waals surface area contributed by atoms with Crippen LogP contribution < -0.4 is 5.32 Å². The molecule has 0 spiro atoms. The molecule has 2 unspecified atom stereocenters. The highest BCUT2D eigenvalue weighted by molar-refractivity contribution is 4.82. The second kappa shape index (κ2) is 6.46. The van der Waals surface area contributed by atoms with E-state index >= 15 is 0 Å². The van der Waals surface area contributed by atoms with E-state index in [9.17, 15) is 0 Å². The summed E-state index contributed by atoms with van der Waals surface area (Å²) >= 11 is 0. The van der Waals surface area contributed by atoms with Crippen LogP contribution in [0, 0.1) is 5.92 Å². The molecule has 0 saturated carbocycles. The molecule has 0 radical (unpaired) electrons. The van der Waals surface area contributed by atoms with Gasteiger partial charge in [-0.3, -0.25) is 0 Å². The summed E-state index contributed by atoms with van der Waals surface area (Å²) in [6.07, 6.45) is 1.31. The number of nitrogens with zero attached hydrogens (tertiary/aromatic N) is 2. The fourth-order valence-electron chi connectivity index (χ4n) is 2.34. The molecular formula is C12H27N3. The normalized spacial score (nSPS) is 28.6. The molecule has 3 heteroatoms. The molecule has 90 valence electrons. The molecular weight excluding hydrogens is 186 g/mol. The van der Waals surface area contributed by atoms with Crippen LogP contribution >= 0.6 is 0 Å². The smallest absolute Gasteiger partial charge is 0.0117 e. The van der Waals surface area contributed by atoms with Gasteiger partial charge in [0.15, 0.2) is 0 Å². The first-order chi connectivity index (χ1) is 7.13. The Morgan fingerprint density at radius 1 is 1.40 bits per heavy atom. The highest BCUT2D eigenvalue weighted by atomic mass is 15.2. The first-order valence-corrected chi connectivity index (χ1v) is 6.24. The standard InChI is InChI=1S/C12H27N3/c1-5-13-12-6-7-15(10-11(12)2)9-8-14(3)4/h11-13H,5-10H2,1-4H3. The molecule has 0 aromatic heterocycles. The lowest BCUT2D eigenvalue weighted by molar-refractivity contribution is 0.139. The summed E-state index contributed by atoms with van der Waals surface area (Å²) in [6.45, 7) is 10.6. The zero-order chi connectivity index (χ0) is 11.3. The number of nitrogens with one attached hydrogen (secondary N) is 1. The van der Waals surface area contributed by atoms with Crippen molar-refractivity contribution in [2.45, 2.75) is 26.3 Å². The van der Waals surface area contributed by atoms with Crippen molar-refractivity contribution in [3.8, 4) is 0 Å². The van der Waals surface area contributed by atoms with Crippen LogP contribution in [0.2, 0.25) is 0 Å². The summed E-state index contributed by atoms with van der Waals surface area (Å²) in [5, 5.41) is 3.58. The van der Waals surface area contributed by atoms with Crippen LogP contribution in [-0.2, 0) is 0 Å². The van der Waals surface area contributed by atoms with E-state index in [4.69, 9.17) is 0 Å². The fourth-order valence-corrected chi connectivity index (χ4v) is 2.34. The van der Waals surface area contributed by atoms with Gasteiger partial charge in [-0.2, -0.15) is 0 Å². The van der Waals surface area contributed by atoms with Crippen LogP contribution in [-0.4, -0.2) is 62.7 Å². The summed E-state index contributed by atoms with van der Waals surface area (Å²) in [5.74, 6) is 0.792. The Balaban J connectivity index is 2.24. The number of rotatable bonds is 5. The topological polar surface area (TPSA) is 18.5 Å². The van der Waals surface area contributed by atoms with E-state index in [2.05, 4.69) is 43.1 Å². The number of hydrogen-bond acceptors (Lipinski definition) is 3. The predicted octanol–water partition coefficient (Wildman–Crippen LogP) is 0.868. The number of likely N-dealkylation sites (tertiary alicyclic amines) is 1. The minimum atomic E-state index is 0.741. The Bertz CT molecular complexity index is 170. The highest BCUT2D eigenvalue weighted by Gasteiger charge is 2.24. The van der Waals surface area contributed by atoms with Gasteiger partial charge in [0.1, 0.15) is 0 Å². The second-order valence-electron chi connectivity index (χ2n) is 5.03. The lowest BCUT2D eigenvalue weighted by atomic mass is 9.94. The molecule has 0 aromatic rings. The van der Waals surface area contributed by atoms with Gasteiger partial charge in [0, 0.05) is 25.7 Å². The Kier molecular flexibility index (Phi) is 5.58. The van der Waals surface area contributed by atoms with Crippen LogP contribution in [0.1, 0.15) is 20.3 Å². The molecule has 1 fully saturated rings. The molecule has 15 heavy (non-hydrogen) atoms. The third-order valence-electron chi connectivity index (χ3n) is 3.32. The molecule has 3 nitrogen and oxygen atoms in total. The van der Waals surface area contributed by atoms with Crippen molar-refractivity contribution >= 4 is 0 Å². The van der Waals surface area contributed by atoms with Gasteiger partial charge in [-0.15, -0.1) is 0 Å². The Morgan fingerprint density at radius 2 is 2.13 bits per heavy atom. The molecule has 0 aliphatic carbocycles. The average molecular weight is 213 g/mol. The molecule has 0 bridgehead atoms. The molecule has 1 aliphatic heterocycles. The molecule has 0 amide bonds. The summed E-state index contributed by atoms with van der Waals surface area (Å²) in [7, 11) is 4.30. The van der Waals surface area contributed by atoms with E-state index in [1.54, 1.807) is 0 Å². The number of hydrogen-bond donors (Lipinski definition) is 1. The van der Waals surface area contributed by atoms with E-state index in [0.29, 0.717) is 0 Å². The predicted molar refractivity (Wildman–Crippen MR) is 66.2 cm³/mol. The van der Waals surface area contributed by atoms with Crippen LogP contribution in [0.25, 0.3) is 0 Å². The summed E-state index contributed by atoms with van der Waals surface area (Å²) in [4.78, 5) is 4.86. The zero-order valence-corrected chi connectivity index (χ0v) is 10.8. The van der Waals surface area contributed by atoms with Gasteiger partial charge in [0.2, 0.25) is 0 Å². The van der Waals surface area contributed by atoms with Crippen molar-refractivity contribution < 1.29 is 0 Å². The van der Waals surface area contributed by atoms with Gasteiger partial charge in [-0.05, 0) is 39.5 Å². The molecule has 1 heterocycles. The maximum atomic E-state index is 3.58. The van der Waals surface area contributed by atoms with Gasteiger partial charge in [0.05, 0.1) is 0 Å². The van der Waals surface area contributed by atoms with Gasteiger partial charge in [0.25, 0.3) is 0 Å². The quantitative estimate of drug-likeness (QED) is 0.731. The van der Waals surface area contributed by atoms with E-state index in [1.807, 2.05) is 0 Å². The molecule has 1 N–H and O–H groups in total. The van der Waals surface area contributed by atoms with Crippen LogP contribution in [0.15, 0.2) is 0 Å². The minimum Gasteiger partial charge on any atom is -0.314 e. The van der Waals surface area contributed by atoms with Crippen molar-refractivity contribution in [3.63, 3.8) is 0 Å². The third kappa shape index (κ3) is 4.49. The average Bonchev–Trinajstić information content (AvgIpc) is 2.19. The van der Waals surface area contributed by atoms with Crippen LogP contribution in [0.4, 0.5) is 0 Å². The number of likely N-dealkylation sites (N-methyl/N-ethyl adjacent to an activating group) is 1. The van der Waals surface area contributed by atoms with Crippen molar-refractivity contribution in [1.82, 2.24) is 15.1 Å². The van der Waals surface area contributed by atoms with Gasteiger partial charge >= 0.3 is 0 Å². The largest absolute Gasteiger partial charge is 0.314 e. The molecule has 1 rings (SSSR count). The summed E-state index contributed by atoms with van der Waals surface area (Å²) < 4.78 is 0. The first kappa shape index (κ1) is 12.9. The zero-order valence-electron chi connectivity index (χ0n) is 10.8. The van der Waals surface area contributed by atoms with Crippen molar-refractivity contribution in [1.29, 1.82) is 0 Å². The van der Waals surface area contributed by atoms with Crippen LogP contribution in [0.3, 0.4) is 0 Å². The fraction of sp³-hybridized carbons (Fsp3) is 1.00. The third-order valence-corrected chi connectivity index (χ3v) is 3.32. The van der Waals surface area contributed by atoms with Gasteiger partial charge < -0.3 is 15.1 Å². The lowest BCUT2D eigenvalue weighted by Crippen LogP contribution is -2.49. The Morgan fingerprint density at radius 3 is 2.67 bits per heavy atom. The van der Waals surface area contributed by atoms with Crippen molar-refractivity contribution in [3.05, 3.63) is 0 Å².